The second kappa shape index (κ2) is 3.96. The lowest BCUT2D eigenvalue weighted by Gasteiger charge is -2.03. The Morgan fingerprint density at radius 3 is 2.26 bits per heavy atom. The Bertz CT molecular complexity index is 790. The second-order valence-electron chi connectivity index (χ2n) is 4.56. The van der Waals surface area contributed by atoms with Gasteiger partial charge in [-0.05, 0) is 24.1 Å². The van der Waals surface area contributed by atoms with Crippen molar-refractivity contribution in [1.82, 2.24) is 0 Å². The zero-order chi connectivity index (χ0) is 13.6. The van der Waals surface area contributed by atoms with Gasteiger partial charge in [-0.3, -0.25) is 0 Å². The van der Waals surface area contributed by atoms with E-state index in [1.807, 2.05) is 19.1 Å². The minimum atomic E-state index is -3.52. The molecule has 0 amide bonds. The van der Waals surface area contributed by atoms with Gasteiger partial charge < -0.3 is 5.73 Å². The Hall–Kier alpha value is -2.07. The first-order valence-corrected chi connectivity index (χ1v) is 7.42. The molecule has 0 saturated carbocycles. The van der Waals surface area contributed by atoms with Crippen LogP contribution in [-0.2, 0) is 9.84 Å². The first-order valence-electron chi connectivity index (χ1n) is 5.93. The molecule has 3 rings (SSSR count). The van der Waals surface area contributed by atoms with Gasteiger partial charge in [-0.15, -0.1) is 0 Å². The number of hydrogen-bond acceptors (Lipinski definition) is 3. The van der Waals surface area contributed by atoms with Crippen molar-refractivity contribution < 1.29 is 8.42 Å². The van der Waals surface area contributed by atoms with E-state index < -0.39 is 9.84 Å². The van der Waals surface area contributed by atoms with E-state index in [4.69, 9.17) is 5.73 Å². The molecule has 0 saturated heterocycles. The third-order valence-electron chi connectivity index (χ3n) is 3.34. The lowest BCUT2D eigenvalue weighted by Crippen LogP contribution is -2.01. The Morgan fingerprint density at radius 2 is 1.63 bits per heavy atom. The van der Waals surface area contributed by atoms with Crippen LogP contribution in [0.5, 0.6) is 0 Å². The number of fused-ring (bicyclic) bond motifs is 1. The van der Waals surface area contributed by atoms with Crippen LogP contribution >= 0.6 is 0 Å². The van der Waals surface area contributed by atoms with Gasteiger partial charge in [-0.1, -0.05) is 42.5 Å². The average Bonchev–Trinajstić information content (AvgIpc) is 2.59. The molecule has 96 valence electrons. The molecule has 1 aliphatic heterocycles. The molecule has 0 radical (unpaired) electrons. The zero-order valence-corrected chi connectivity index (χ0v) is 11.2. The SMILES string of the molecule is Cc1cccc2c1C(N)=C(c1ccccc1)S2(=O)=O. The number of hydrogen-bond donors (Lipinski definition) is 1. The number of nitrogens with two attached hydrogens (primary N) is 1. The summed E-state index contributed by atoms with van der Waals surface area (Å²) in [6, 6.07) is 14.2. The lowest BCUT2D eigenvalue weighted by molar-refractivity contribution is 0.606. The summed E-state index contributed by atoms with van der Waals surface area (Å²) in [5.74, 6) is 0. The van der Waals surface area contributed by atoms with Gasteiger partial charge in [-0.2, -0.15) is 0 Å². The van der Waals surface area contributed by atoms with E-state index in [9.17, 15) is 8.42 Å². The van der Waals surface area contributed by atoms with Crippen molar-refractivity contribution in [2.24, 2.45) is 5.73 Å². The molecule has 0 aliphatic carbocycles. The number of rotatable bonds is 1. The van der Waals surface area contributed by atoms with E-state index in [2.05, 4.69) is 0 Å². The number of aryl methyl sites for hydroxylation is 1. The fourth-order valence-corrected chi connectivity index (χ4v) is 4.33. The molecule has 0 fully saturated rings. The summed E-state index contributed by atoms with van der Waals surface area (Å²) in [7, 11) is -3.52. The van der Waals surface area contributed by atoms with Crippen molar-refractivity contribution in [3.63, 3.8) is 0 Å². The van der Waals surface area contributed by atoms with Gasteiger partial charge in [0, 0.05) is 5.56 Å². The predicted molar refractivity (Wildman–Crippen MR) is 75.8 cm³/mol. The van der Waals surface area contributed by atoms with Gasteiger partial charge in [-0.25, -0.2) is 8.42 Å². The third-order valence-corrected chi connectivity index (χ3v) is 5.26. The van der Waals surface area contributed by atoms with Crippen LogP contribution in [0.25, 0.3) is 10.6 Å². The first kappa shape index (κ1) is 12.0. The van der Waals surface area contributed by atoms with Gasteiger partial charge in [0.1, 0.15) is 4.91 Å². The fourth-order valence-electron chi connectivity index (χ4n) is 2.48. The van der Waals surface area contributed by atoms with Crippen molar-refractivity contribution in [1.29, 1.82) is 0 Å². The van der Waals surface area contributed by atoms with Crippen molar-refractivity contribution in [2.45, 2.75) is 11.8 Å². The standard InChI is InChI=1S/C15H13NO2S/c1-10-6-5-9-12-13(10)14(16)15(19(12,17)18)11-7-3-2-4-8-11/h2-9H,16H2,1H3. The number of benzene rings is 2. The highest BCUT2D eigenvalue weighted by atomic mass is 32.2. The van der Waals surface area contributed by atoms with Gasteiger partial charge >= 0.3 is 0 Å². The van der Waals surface area contributed by atoms with E-state index in [0.29, 0.717) is 21.7 Å². The van der Waals surface area contributed by atoms with Crippen LogP contribution < -0.4 is 5.73 Å². The van der Waals surface area contributed by atoms with Crippen LogP contribution in [0, 0.1) is 6.92 Å². The summed E-state index contributed by atoms with van der Waals surface area (Å²) in [4.78, 5) is 0.529. The lowest BCUT2D eigenvalue weighted by atomic mass is 10.0. The first-order chi connectivity index (χ1) is 9.03. The summed E-state index contributed by atoms with van der Waals surface area (Å²) in [5.41, 5.74) is 8.60. The van der Waals surface area contributed by atoms with Crippen LogP contribution in [0.2, 0.25) is 0 Å². The minimum absolute atomic E-state index is 0.220. The van der Waals surface area contributed by atoms with Crippen molar-refractivity contribution in [3.05, 3.63) is 65.2 Å². The molecule has 0 spiro atoms. The normalized spacial score (nSPS) is 16.5. The maximum absolute atomic E-state index is 12.6. The molecule has 0 aromatic heterocycles. The molecular weight excluding hydrogens is 258 g/mol. The van der Waals surface area contributed by atoms with Crippen LogP contribution in [0.1, 0.15) is 16.7 Å². The molecule has 2 aromatic rings. The predicted octanol–water partition coefficient (Wildman–Crippen LogP) is 2.57. The monoisotopic (exact) mass is 271 g/mol. The van der Waals surface area contributed by atoms with Gasteiger partial charge in [0.2, 0.25) is 9.84 Å². The van der Waals surface area contributed by atoms with Crippen LogP contribution in [-0.4, -0.2) is 8.42 Å². The fraction of sp³-hybridized carbons (Fsp3) is 0.0667. The summed E-state index contributed by atoms with van der Waals surface area (Å²) in [6.07, 6.45) is 0. The minimum Gasteiger partial charge on any atom is -0.397 e. The van der Waals surface area contributed by atoms with Crippen LogP contribution in [0.15, 0.2) is 53.4 Å². The van der Waals surface area contributed by atoms with Crippen LogP contribution in [0.3, 0.4) is 0 Å². The molecule has 3 nitrogen and oxygen atoms in total. The van der Waals surface area contributed by atoms with Gasteiger partial charge in [0.05, 0.1) is 10.6 Å². The average molecular weight is 271 g/mol. The molecule has 1 heterocycles. The zero-order valence-electron chi connectivity index (χ0n) is 10.4. The quantitative estimate of drug-likeness (QED) is 0.867. The topological polar surface area (TPSA) is 60.2 Å². The molecule has 19 heavy (non-hydrogen) atoms. The van der Waals surface area contributed by atoms with Gasteiger partial charge in [0.25, 0.3) is 0 Å². The highest BCUT2D eigenvalue weighted by Gasteiger charge is 2.35. The molecule has 0 bridgehead atoms. The molecule has 4 heteroatoms. The van der Waals surface area contributed by atoms with E-state index >= 15 is 0 Å². The highest BCUT2D eigenvalue weighted by molar-refractivity contribution is 8.01. The Kier molecular flexibility index (Phi) is 2.50. The van der Waals surface area contributed by atoms with E-state index in [1.54, 1.807) is 36.4 Å². The summed E-state index contributed by atoms with van der Waals surface area (Å²) in [6.45, 7) is 1.87. The number of sulfone groups is 1. The Labute approximate surface area is 112 Å². The smallest absolute Gasteiger partial charge is 0.209 e. The second-order valence-corrected chi connectivity index (χ2v) is 6.42. The molecule has 2 aromatic carbocycles. The van der Waals surface area contributed by atoms with E-state index in [-0.39, 0.29) is 4.91 Å². The Morgan fingerprint density at radius 1 is 0.947 bits per heavy atom. The van der Waals surface area contributed by atoms with Crippen LogP contribution in [0.4, 0.5) is 0 Å². The molecule has 0 atom stereocenters. The maximum Gasteiger partial charge on any atom is 0.209 e. The molecular formula is C15H13NO2S. The molecule has 1 aliphatic rings. The van der Waals surface area contributed by atoms with Crippen molar-refractivity contribution in [3.8, 4) is 0 Å². The highest BCUT2D eigenvalue weighted by Crippen LogP contribution is 2.42. The molecule has 2 N–H and O–H groups in total. The summed E-state index contributed by atoms with van der Waals surface area (Å²) in [5, 5.41) is 0. The van der Waals surface area contributed by atoms with E-state index in [0.717, 1.165) is 5.56 Å². The van der Waals surface area contributed by atoms with Gasteiger partial charge in [0.15, 0.2) is 0 Å². The largest absolute Gasteiger partial charge is 0.397 e. The Balaban J connectivity index is 2.38. The molecule has 0 unspecified atom stereocenters. The van der Waals surface area contributed by atoms with Crippen molar-refractivity contribution >= 4 is 20.4 Å². The third kappa shape index (κ3) is 1.60. The maximum atomic E-state index is 12.6. The van der Waals surface area contributed by atoms with E-state index in [1.165, 1.54) is 0 Å². The summed E-state index contributed by atoms with van der Waals surface area (Å²) < 4.78 is 25.2. The van der Waals surface area contributed by atoms with Crippen molar-refractivity contribution in [2.75, 3.05) is 0 Å². The summed E-state index contributed by atoms with van der Waals surface area (Å²) >= 11 is 0.